The van der Waals surface area contributed by atoms with Crippen molar-refractivity contribution in [2.75, 3.05) is 32.8 Å². The number of amides is 2. The number of rotatable bonds is 3. The van der Waals surface area contributed by atoms with Crippen LogP contribution in [0.15, 0.2) is 0 Å². The molecule has 0 radical (unpaired) electrons. The molecular formula is C12H21N3O3. The van der Waals surface area contributed by atoms with E-state index in [9.17, 15) is 9.59 Å². The van der Waals surface area contributed by atoms with Gasteiger partial charge in [0.05, 0.1) is 19.3 Å². The minimum atomic E-state index is -0.434. The summed E-state index contributed by atoms with van der Waals surface area (Å²) in [4.78, 5) is 27.7. The molecule has 2 saturated heterocycles. The van der Waals surface area contributed by atoms with Gasteiger partial charge in [0.2, 0.25) is 11.8 Å². The largest absolute Gasteiger partial charge is 0.378 e. The molecule has 0 saturated carbocycles. The predicted octanol–water partition coefficient (Wildman–Crippen LogP) is -0.817. The first-order valence-electron chi connectivity index (χ1n) is 6.57. The highest BCUT2D eigenvalue weighted by atomic mass is 16.5. The summed E-state index contributed by atoms with van der Waals surface area (Å²) in [6.45, 7) is 4.91. The van der Waals surface area contributed by atoms with E-state index in [1.807, 2.05) is 6.92 Å². The summed E-state index contributed by atoms with van der Waals surface area (Å²) in [7, 11) is 0. The molecule has 2 heterocycles. The molecule has 18 heavy (non-hydrogen) atoms. The van der Waals surface area contributed by atoms with Crippen LogP contribution in [0.3, 0.4) is 0 Å². The number of hydrogen-bond donors (Lipinski definition) is 1. The second-order valence-corrected chi connectivity index (χ2v) is 4.79. The number of hydrogen-bond acceptors (Lipinski definition) is 4. The first-order valence-corrected chi connectivity index (χ1v) is 6.57. The Hall–Kier alpha value is -1.14. The molecule has 2 atom stereocenters. The van der Waals surface area contributed by atoms with Gasteiger partial charge in [0.25, 0.3) is 0 Å². The zero-order chi connectivity index (χ0) is 13.1. The van der Waals surface area contributed by atoms with E-state index in [0.717, 1.165) is 0 Å². The van der Waals surface area contributed by atoms with Crippen LogP contribution in [0.1, 0.15) is 19.8 Å². The molecule has 2 amide bonds. The lowest BCUT2D eigenvalue weighted by atomic mass is 10.1. The van der Waals surface area contributed by atoms with E-state index >= 15 is 0 Å². The van der Waals surface area contributed by atoms with Gasteiger partial charge in [-0.25, -0.2) is 0 Å². The minimum absolute atomic E-state index is 0.0308. The Morgan fingerprint density at radius 2 is 2.11 bits per heavy atom. The number of morpholine rings is 1. The van der Waals surface area contributed by atoms with Gasteiger partial charge in [-0.05, 0) is 12.8 Å². The molecule has 0 aromatic rings. The number of nitrogens with two attached hydrogens (primary N) is 1. The Labute approximate surface area is 107 Å². The topological polar surface area (TPSA) is 75.9 Å². The number of nitrogens with zero attached hydrogens (tertiary/aromatic N) is 2. The van der Waals surface area contributed by atoms with Gasteiger partial charge in [0.1, 0.15) is 6.04 Å². The lowest BCUT2D eigenvalue weighted by Gasteiger charge is -2.34. The van der Waals surface area contributed by atoms with Gasteiger partial charge in [0.15, 0.2) is 0 Å². The van der Waals surface area contributed by atoms with Crippen molar-refractivity contribution >= 4 is 11.8 Å². The van der Waals surface area contributed by atoms with Crippen LogP contribution in [0, 0.1) is 0 Å². The zero-order valence-corrected chi connectivity index (χ0v) is 10.8. The smallest absolute Gasteiger partial charge is 0.245 e. The molecule has 0 bridgehead atoms. The van der Waals surface area contributed by atoms with Crippen LogP contribution < -0.4 is 5.73 Å². The number of likely N-dealkylation sites (tertiary alicyclic amines) is 1. The maximum atomic E-state index is 12.4. The van der Waals surface area contributed by atoms with Crippen LogP contribution in [0.5, 0.6) is 0 Å². The van der Waals surface area contributed by atoms with Gasteiger partial charge in [-0.3, -0.25) is 9.59 Å². The molecule has 0 aromatic heterocycles. The molecule has 1 unspecified atom stereocenters. The van der Waals surface area contributed by atoms with Crippen LogP contribution >= 0.6 is 0 Å². The number of ether oxygens (including phenoxy) is 1. The molecule has 0 spiro atoms. The Balaban J connectivity index is 2.03. The maximum Gasteiger partial charge on any atom is 0.245 e. The van der Waals surface area contributed by atoms with Gasteiger partial charge >= 0.3 is 0 Å². The molecule has 2 aliphatic rings. The first kappa shape index (κ1) is 13.3. The zero-order valence-electron chi connectivity index (χ0n) is 10.8. The molecular weight excluding hydrogens is 234 g/mol. The van der Waals surface area contributed by atoms with E-state index < -0.39 is 6.04 Å². The summed E-state index contributed by atoms with van der Waals surface area (Å²) in [5.41, 5.74) is 5.70. The molecule has 102 valence electrons. The molecule has 2 fully saturated rings. The first-order chi connectivity index (χ1) is 8.65. The quantitative estimate of drug-likeness (QED) is 0.715. The van der Waals surface area contributed by atoms with Crippen molar-refractivity contribution in [3.8, 4) is 0 Å². The second-order valence-electron chi connectivity index (χ2n) is 4.79. The third-order valence-corrected chi connectivity index (χ3v) is 3.65. The summed E-state index contributed by atoms with van der Waals surface area (Å²) >= 11 is 0. The summed E-state index contributed by atoms with van der Waals surface area (Å²) in [6, 6.07) is -0.791. The van der Waals surface area contributed by atoms with Crippen LogP contribution in [0.25, 0.3) is 0 Å². The SMILES string of the molecule is CCC(C(=O)N1CCOCC1)N1CC[C@H](N)C1=O. The molecule has 0 aliphatic carbocycles. The van der Waals surface area contributed by atoms with Crippen molar-refractivity contribution in [3.63, 3.8) is 0 Å². The Kier molecular flexibility index (Phi) is 4.19. The summed E-state index contributed by atoms with van der Waals surface area (Å²) in [5.74, 6) is -0.0632. The number of carbonyl (C=O) groups excluding carboxylic acids is 2. The fourth-order valence-corrected chi connectivity index (χ4v) is 2.56. The summed E-state index contributed by atoms with van der Waals surface area (Å²) < 4.78 is 5.23. The van der Waals surface area contributed by atoms with E-state index in [1.165, 1.54) is 0 Å². The van der Waals surface area contributed by atoms with Crippen LogP contribution in [0.2, 0.25) is 0 Å². The van der Waals surface area contributed by atoms with Crippen LogP contribution in [-0.4, -0.2) is 66.5 Å². The van der Waals surface area contributed by atoms with E-state index in [1.54, 1.807) is 9.80 Å². The molecule has 2 N–H and O–H groups in total. The highest BCUT2D eigenvalue weighted by molar-refractivity contribution is 5.91. The monoisotopic (exact) mass is 255 g/mol. The summed E-state index contributed by atoms with van der Waals surface area (Å²) in [6.07, 6.45) is 1.28. The normalized spacial score (nSPS) is 26.6. The van der Waals surface area contributed by atoms with E-state index in [-0.39, 0.29) is 17.9 Å². The predicted molar refractivity (Wildman–Crippen MR) is 65.8 cm³/mol. The third-order valence-electron chi connectivity index (χ3n) is 3.65. The van der Waals surface area contributed by atoms with E-state index in [4.69, 9.17) is 10.5 Å². The van der Waals surface area contributed by atoms with Gasteiger partial charge in [-0.2, -0.15) is 0 Å². The summed E-state index contributed by atoms with van der Waals surface area (Å²) in [5, 5.41) is 0. The average Bonchev–Trinajstić information content (AvgIpc) is 2.73. The van der Waals surface area contributed by atoms with Crippen molar-refractivity contribution in [2.45, 2.75) is 31.8 Å². The van der Waals surface area contributed by atoms with Gasteiger partial charge in [-0.1, -0.05) is 6.92 Å². The lowest BCUT2D eigenvalue weighted by molar-refractivity contribution is -0.146. The minimum Gasteiger partial charge on any atom is -0.378 e. The number of carbonyl (C=O) groups is 2. The Bertz CT molecular complexity index is 329. The van der Waals surface area contributed by atoms with Crippen molar-refractivity contribution in [3.05, 3.63) is 0 Å². The molecule has 0 aromatic carbocycles. The van der Waals surface area contributed by atoms with Crippen LogP contribution in [0.4, 0.5) is 0 Å². The van der Waals surface area contributed by atoms with Gasteiger partial charge in [0, 0.05) is 19.6 Å². The van der Waals surface area contributed by atoms with Crippen molar-refractivity contribution in [1.82, 2.24) is 9.80 Å². The third kappa shape index (κ3) is 2.49. The highest BCUT2D eigenvalue weighted by Gasteiger charge is 2.38. The van der Waals surface area contributed by atoms with E-state index in [0.29, 0.717) is 45.7 Å². The lowest BCUT2D eigenvalue weighted by Crippen LogP contribution is -2.53. The molecule has 6 heteroatoms. The second kappa shape index (κ2) is 5.67. The van der Waals surface area contributed by atoms with Crippen molar-refractivity contribution < 1.29 is 14.3 Å². The van der Waals surface area contributed by atoms with Gasteiger partial charge < -0.3 is 20.3 Å². The molecule has 2 aliphatic heterocycles. The van der Waals surface area contributed by atoms with Crippen molar-refractivity contribution in [1.29, 1.82) is 0 Å². The molecule has 2 rings (SSSR count). The van der Waals surface area contributed by atoms with Gasteiger partial charge in [-0.15, -0.1) is 0 Å². The van der Waals surface area contributed by atoms with Crippen molar-refractivity contribution in [2.24, 2.45) is 5.73 Å². The fraction of sp³-hybridized carbons (Fsp3) is 0.833. The fourth-order valence-electron chi connectivity index (χ4n) is 2.56. The standard InChI is InChI=1S/C12H21N3O3/c1-2-10(15-4-3-9(13)11(15)16)12(17)14-5-7-18-8-6-14/h9-10H,2-8,13H2,1H3/t9-,10?/m0/s1. The molecule has 6 nitrogen and oxygen atoms in total. The highest BCUT2D eigenvalue weighted by Crippen LogP contribution is 2.17. The van der Waals surface area contributed by atoms with Crippen LogP contribution in [-0.2, 0) is 14.3 Å². The maximum absolute atomic E-state index is 12.4. The van der Waals surface area contributed by atoms with E-state index in [2.05, 4.69) is 0 Å². The Morgan fingerprint density at radius 1 is 1.44 bits per heavy atom. The Morgan fingerprint density at radius 3 is 2.61 bits per heavy atom. The average molecular weight is 255 g/mol.